The van der Waals surface area contributed by atoms with Crippen LogP contribution in [0.15, 0.2) is 24.4 Å². The van der Waals surface area contributed by atoms with E-state index in [0.29, 0.717) is 18.7 Å². The Balaban J connectivity index is 1.32. The standard InChI is InChI=1S/C24H32N6O4/c1-24(2,3)33-23(32)34-30-10-4-5-15(12-30)21-28-19-16(8-9-26-22(19)29-21)27-18-14-7-6-13(11-14)17(18)20(25)31/h6-9,13-15,17-18H,4-5,10-12H2,1-3H3,(H2,25,31)(H2,26,27,28,29)/t13-,14+,15?,17+,18-/m1/s1. The highest BCUT2D eigenvalue weighted by molar-refractivity contribution is 5.86. The highest BCUT2D eigenvalue weighted by atomic mass is 16.8. The third kappa shape index (κ3) is 4.46. The van der Waals surface area contributed by atoms with E-state index in [0.717, 1.165) is 36.3 Å². The second-order valence-electron chi connectivity index (χ2n) is 10.5. The first-order valence-electron chi connectivity index (χ1n) is 11.9. The summed E-state index contributed by atoms with van der Waals surface area (Å²) in [5.41, 5.74) is 7.39. The topological polar surface area (TPSA) is 135 Å². The molecular formula is C24H32N6O4. The lowest BCUT2D eigenvalue weighted by Gasteiger charge is -2.30. The fourth-order valence-electron chi connectivity index (χ4n) is 5.45. The minimum absolute atomic E-state index is 0.0442. The number of allylic oxidation sites excluding steroid dienone is 1. The number of nitrogens with two attached hydrogens (primary N) is 1. The molecule has 2 fully saturated rings. The molecule has 1 unspecified atom stereocenters. The van der Waals surface area contributed by atoms with E-state index in [1.54, 1.807) is 32.0 Å². The zero-order valence-corrected chi connectivity index (χ0v) is 19.8. The number of anilines is 1. The molecule has 4 N–H and O–H groups in total. The summed E-state index contributed by atoms with van der Waals surface area (Å²) in [6.07, 6.45) is 8.04. The summed E-state index contributed by atoms with van der Waals surface area (Å²) < 4.78 is 5.27. The van der Waals surface area contributed by atoms with Crippen LogP contribution in [0.4, 0.5) is 10.5 Å². The van der Waals surface area contributed by atoms with Crippen LogP contribution in [0.3, 0.4) is 0 Å². The van der Waals surface area contributed by atoms with Gasteiger partial charge in [-0.1, -0.05) is 12.2 Å². The van der Waals surface area contributed by atoms with Crippen molar-refractivity contribution in [2.45, 2.75) is 57.6 Å². The number of hydrogen-bond donors (Lipinski definition) is 3. The molecule has 3 heterocycles. The van der Waals surface area contributed by atoms with Gasteiger partial charge in [0.2, 0.25) is 5.91 Å². The number of aromatic nitrogens is 3. The minimum Gasteiger partial charge on any atom is -0.427 e. The van der Waals surface area contributed by atoms with Gasteiger partial charge in [-0.2, -0.15) is 0 Å². The largest absolute Gasteiger partial charge is 0.528 e. The lowest BCUT2D eigenvalue weighted by molar-refractivity contribution is -0.153. The van der Waals surface area contributed by atoms with Crippen LogP contribution in [0.2, 0.25) is 0 Å². The Labute approximate surface area is 198 Å². The van der Waals surface area contributed by atoms with Crippen LogP contribution in [0.1, 0.15) is 51.8 Å². The Morgan fingerprint density at radius 3 is 2.82 bits per heavy atom. The van der Waals surface area contributed by atoms with Crippen LogP contribution >= 0.6 is 0 Å². The lowest BCUT2D eigenvalue weighted by Crippen LogP contribution is -2.41. The Kier molecular flexibility index (Phi) is 5.71. The molecule has 182 valence electrons. The number of rotatable bonds is 5. The number of carbonyl (C=O) groups is 2. The van der Waals surface area contributed by atoms with Gasteiger partial charge < -0.3 is 25.6 Å². The maximum absolute atomic E-state index is 12.1. The second-order valence-corrected chi connectivity index (χ2v) is 10.5. The van der Waals surface area contributed by atoms with E-state index in [2.05, 4.69) is 27.4 Å². The number of nitrogens with one attached hydrogen (secondary N) is 2. The van der Waals surface area contributed by atoms with E-state index in [1.807, 2.05) is 6.07 Å². The quantitative estimate of drug-likeness (QED) is 0.450. The molecule has 5 atom stereocenters. The number of fused-ring (bicyclic) bond motifs is 3. The molecule has 10 nitrogen and oxygen atoms in total. The van der Waals surface area contributed by atoms with Gasteiger partial charge in [-0.3, -0.25) is 4.79 Å². The van der Waals surface area contributed by atoms with E-state index in [-0.39, 0.29) is 35.6 Å². The number of ether oxygens (including phenoxy) is 1. The van der Waals surface area contributed by atoms with Crippen LogP contribution in [0.25, 0.3) is 11.2 Å². The number of piperidine rings is 1. The van der Waals surface area contributed by atoms with Crippen LogP contribution in [-0.2, 0) is 14.4 Å². The molecule has 3 aliphatic rings. The summed E-state index contributed by atoms with van der Waals surface area (Å²) in [6, 6.07) is 1.86. The zero-order valence-electron chi connectivity index (χ0n) is 19.8. The Hall–Kier alpha value is -3.14. The predicted octanol–water partition coefficient (Wildman–Crippen LogP) is 3.09. The number of H-pyrrole nitrogens is 1. The number of nitrogens with zero attached hydrogens (tertiary/aromatic N) is 3. The summed E-state index contributed by atoms with van der Waals surface area (Å²) in [4.78, 5) is 42.2. The molecular weight excluding hydrogens is 436 g/mol. The maximum atomic E-state index is 12.1. The Morgan fingerprint density at radius 1 is 1.26 bits per heavy atom. The van der Waals surface area contributed by atoms with E-state index in [4.69, 9.17) is 20.3 Å². The molecule has 1 amide bonds. The van der Waals surface area contributed by atoms with Crippen molar-refractivity contribution < 1.29 is 19.2 Å². The maximum Gasteiger partial charge on any atom is 0.528 e. The van der Waals surface area contributed by atoms with E-state index in [9.17, 15) is 9.59 Å². The number of pyridine rings is 1. The first-order chi connectivity index (χ1) is 16.2. The zero-order chi connectivity index (χ0) is 24.0. The molecule has 1 aliphatic heterocycles. The first kappa shape index (κ1) is 22.6. The summed E-state index contributed by atoms with van der Waals surface area (Å²) in [5, 5.41) is 5.20. The second kappa shape index (κ2) is 8.57. The van der Waals surface area contributed by atoms with Gasteiger partial charge in [-0.25, -0.2) is 14.8 Å². The van der Waals surface area contributed by atoms with Gasteiger partial charge in [-0.05, 0) is 57.9 Å². The highest BCUT2D eigenvalue weighted by Crippen LogP contribution is 2.45. The molecule has 5 rings (SSSR count). The lowest BCUT2D eigenvalue weighted by atomic mass is 9.88. The summed E-state index contributed by atoms with van der Waals surface area (Å²) in [5.74, 6) is 0.850. The molecule has 2 aliphatic carbocycles. The van der Waals surface area contributed by atoms with Gasteiger partial charge in [0, 0.05) is 31.2 Å². The number of amides is 1. The molecule has 34 heavy (non-hydrogen) atoms. The normalized spacial score (nSPS) is 28.9. The SMILES string of the molecule is CC(C)(C)OC(=O)ON1CCCC(c2nc3nccc(N[C@H]4[C@@H](C(N)=O)[C@@H]5C=C[C@H]4C5)c3[nH]2)C1. The number of aromatic amines is 1. The Morgan fingerprint density at radius 2 is 2.06 bits per heavy atom. The van der Waals surface area contributed by atoms with E-state index < -0.39 is 11.8 Å². The highest BCUT2D eigenvalue weighted by Gasteiger charge is 2.47. The molecule has 2 bridgehead atoms. The third-order valence-corrected chi connectivity index (χ3v) is 6.88. The number of primary amides is 1. The van der Waals surface area contributed by atoms with E-state index >= 15 is 0 Å². The molecule has 0 radical (unpaired) electrons. The first-order valence-corrected chi connectivity index (χ1v) is 11.9. The third-order valence-electron chi connectivity index (χ3n) is 6.88. The van der Waals surface area contributed by atoms with Crippen molar-refractivity contribution in [1.29, 1.82) is 0 Å². The van der Waals surface area contributed by atoms with Crippen LogP contribution in [0.5, 0.6) is 0 Å². The summed E-state index contributed by atoms with van der Waals surface area (Å²) in [6.45, 7) is 6.58. The van der Waals surface area contributed by atoms with Crippen LogP contribution in [-0.4, -0.2) is 56.8 Å². The van der Waals surface area contributed by atoms with Crippen molar-refractivity contribution in [2.24, 2.45) is 23.5 Å². The molecule has 1 saturated carbocycles. The van der Waals surface area contributed by atoms with Crippen molar-refractivity contribution in [3.05, 3.63) is 30.2 Å². The summed E-state index contributed by atoms with van der Waals surface area (Å²) in [7, 11) is 0. The van der Waals surface area contributed by atoms with Gasteiger partial charge >= 0.3 is 6.16 Å². The molecule has 2 aromatic heterocycles. The fourth-order valence-corrected chi connectivity index (χ4v) is 5.45. The van der Waals surface area contributed by atoms with Crippen molar-refractivity contribution in [2.75, 3.05) is 18.4 Å². The van der Waals surface area contributed by atoms with Gasteiger partial charge in [0.25, 0.3) is 0 Å². The van der Waals surface area contributed by atoms with Crippen molar-refractivity contribution >= 4 is 28.9 Å². The van der Waals surface area contributed by atoms with Crippen molar-refractivity contribution in [1.82, 2.24) is 20.0 Å². The Bertz CT molecular complexity index is 1120. The van der Waals surface area contributed by atoms with Gasteiger partial charge in [0.05, 0.1) is 11.6 Å². The van der Waals surface area contributed by atoms with Gasteiger partial charge in [0.1, 0.15) is 16.9 Å². The predicted molar refractivity (Wildman–Crippen MR) is 126 cm³/mol. The monoisotopic (exact) mass is 468 g/mol. The number of imidazole rings is 1. The van der Waals surface area contributed by atoms with Crippen molar-refractivity contribution in [3.63, 3.8) is 0 Å². The average Bonchev–Trinajstić information content (AvgIpc) is 3.47. The van der Waals surface area contributed by atoms with Crippen LogP contribution < -0.4 is 11.1 Å². The number of hydrogen-bond acceptors (Lipinski definition) is 8. The summed E-state index contributed by atoms with van der Waals surface area (Å²) >= 11 is 0. The number of carbonyl (C=O) groups excluding carboxylic acids is 2. The van der Waals surface area contributed by atoms with Gasteiger partial charge in [0.15, 0.2) is 5.65 Å². The molecule has 0 aromatic carbocycles. The molecule has 10 heteroatoms. The molecule has 1 saturated heterocycles. The molecule has 2 aromatic rings. The number of hydroxylamine groups is 2. The molecule has 0 spiro atoms. The van der Waals surface area contributed by atoms with Crippen LogP contribution in [0, 0.1) is 17.8 Å². The van der Waals surface area contributed by atoms with Crippen molar-refractivity contribution in [3.8, 4) is 0 Å². The smallest absolute Gasteiger partial charge is 0.427 e. The fraction of sp³-hybridized carbons (Fsp3) is 0.583. The minimum atomic E-state index is -0.699. The average molecular weight is 469 g/mol. The van der Waals surface area contributed by atoms with Gasteiger partial charge in [-0.15, -0.1) is 5.06 Å². The van der Waals surface area contributed by atoms with E-state index in [1.165, 1.54) is 0 Å².